The molecule has 31 heavy (non-hydrogen) atoms. The Morgan fingerprint density at radius 1 is 0.935 bits per heavy atom. The van der Waals surface area contributed by atoms with Crippen LogP contribution in [0.3, 0.4) is 0 Å². The number of piperidine rings is 1. The molecule has 0 saturated carbocycles. The quantitative estimate of drug-likeness (QED) is 0.701. The summed E-state index contributed by atoms with van der Waals surface area (Å²) in [6.45, 7) is 5.97. The van der Waals surface area contributed by atoms with Gasteiger partial charge in [-0.2, -0.15) is 0 Å². The summed E-state index contributed by atoms with van der Waals surface area (Å²) in [7, 11) is 3.09. The number of rotatable bonds is 7. The standard InChI is InChI=1S/C24H31N3O4/c1-16-9-8-10-18(13-16)24(29)26-20-14-19(22(30-3)17(2)23(20)31-4)25-21(28)15-27-11-6-5-7-12-27/h8-10,13-14H,5-7,11-12,15H2,1-4H3,(H,25,28)(H,26,29). The largest absolute Gasteiger partial charge is 0.494 e. The molecule has 1 aliphatic rings. The van der Waals surface area contributed by atoms with Gasteiger partial charge >= 0.3 is 0 Å². The van der Waals surface area contributed by atoms with E-state index in [-0.39, 0.29) is 11.8 Å². The first-order valence-electron chi connectivity index (χ1n) is 10.6. The monoisotopic (exact) mass is 425 g/mol. The van der Waals surface area contributed by atoms with Crippen molar-refractivity contribution in [1.82, 2.24) is 4.90 Å². The van der Waals surface area contributed by atoms with Crippen LogP contribution < -0.4 is 20.1 Å². The zero-order valence-electron chi connectivity index (χ0n) is 18.7. The molecule has 1 heterocycles. The minimum atomic E-state index is -0.253. The minimum absolute atomic E-state index is 0.110. The average molecular weight is 426 g/mol. The van der Waals surface area contributed by atoms with Gasteiger partial charge in [0.25, 0.3) is 5.91 Å². The molecule has 2 amide bonds. The van der Waals surface area contributed by atoms with Crippen LogP contribution in [0.4, 0.5) is 11.4 Å². The molecule has 0 aromatic heterocycles. The van der Waals surface area contributed by atoms with Crippen LogP contribution in [0.2, 0.25) is 0 Å². The highest BCUT2D eigenvalue weighted by atomic mass is 16.5. The lowest BCUT2D eigenvalue weighted by molar-refractivity contribution is -0.117. The fourth-order valence-electron chi connectivity index (χ4n) is 3.99. The third-order valence-electron chi connectivity index (χ3n) is 5.49. The number of benzene rings is 2. The zero-order chi connectivity index (χ0) is 22.4. The molecule has 0 radical (unpaired) electrons. The van der Waals surface area contributed by atoms with Gasteiger partial charge in [0.05, 0.1) is 32.1 Å². The molecule has 166 valence electrons. The molecule has 3 rings (SSSR count). The van der Waals surface area contributed by atoms with Crippen LogP contribution in [0.15, 0.2) is 30.3 Å². The van der Waals surface area contributed by atoms with E-state index in [4.69, 9.17) is 9.47 Å². The van der Waals surface area contributed by atoms with Gasteiger partial charge < -0.3 is 20.1 Å². The van der Waals surface area contributed by atoms with Gasteiger partial charge in [0.2, 0.25) is 5.91 Å². The summed E-state index contributed by atoms with van der Waals surface area (Å²) in [5, 5.41) is 5.86. The molecule has 1 aliphatic heterocycles. The van der Waals surface area contributed by atoms with Crippen molar-refractivity contribution in [3.8, 4) is 11.5 Å². The summed E-state index contributed by atoms with van der Waals surface area (Å²) in [4.78, 5) is 27.6. The lowest BCUT2D eigenvalue weighted by Gasteiger charge is -2.26. The molecule has 0 unspecified atom stereocenters. The van der Waals surface area contributed by atoms with Gasteiger partial charge in [-0.15, -0.1) is 0 Å². The van der Waals surface area contributed by atoms with E-state index >= 15 is 0 Å². The molecule has 1 fully saturated rings. The highest BCUT2D eigenvalue weighted by Crippen LogP contribution is 2.41. The fraction of sp³-hybridized carbons (Fsp3) is 0.417. The number of hydrogen-bond donors (Lipinski definition) is 2. The number of nitrogens with zero attached hydrogens (tertiary/aromatic N) is 1. The summed E-state index contributed by atoms with van der Waals surface area (Å²) in [6.07, 6.45) is 3.45. The Labute approximate surface area is 183 Å². The molecule has 0 spiro atoms. The number of nitrogens with one attached hydrogen (secondary N) is 2. The molecular weight excluding hydrogens is 394 g/mol. The van der Waals surface area contributed by atoms with Crippen molar-refractivity contribution >= 4 is 23.2 Å². The van der Waals surface area contributed by atoms with Crippen LogP contribution in [-0.2, 0) is 4.79 Å². The Morgan fingerprint density at radius 2 is 1.58 bits per heavy atom. The Morgan fingerprint density at radius 3 is 2.19 bits per heavy atom. The Bertz CT molecular complexity index is 952. The Balaban J connectivity index is 1.85. The predicted octanol–water partition coefficient (Wildman–Crippen LogP) is 4.00. The number of methoxy groups -OCH3 is 2. The second-order valence-electron chi connectivity index (χ2n) is 7.87. The van der Waals surface area contributed by atoms with Gasteiger partial charge in [0.1, 0.15) is 11.5 Å². The number of carbonyl (C=O) groups is 2. The summed E-state index contributed by atoms with van der Waals surface area (Å²) in [5.41, 5.74) is 3.21. The predicted molar refractivity (Wildman–Crippen MR) is 122 cm³/mol. The van der Waals surface area contributed by atoms with E-state index in [9.17, 15) is 9.59 Å². The number of carbonyl (C=O) groups excluding carboxylic acids is 2. The maximum absolute atomic E-state index is 12.8. The second kappa shape index (κ2) is 10.3. The summed E-state index contributed by atoms with van der Waals surface area (Å²) in [6, 6.07) is 9.04. The van der Waals surface area contributed by atoms with Crippen molar-refractivity contribution < 1.29 is 19.1 Å². The van der Waals surface area contributed by atoms with Gasteiger partial charge in [-0.1, -0.05) is 24.1 Å². The lowest BCUT2D eigenvalue weighted by atomic mass is 10.1. The fourth-order valence-corrected chi connectivity index (χ4v) is 3.99. The summed E-state index contributed by atoms with van der Waals surface area (Å²) >= 11 is 0. The molecule has 0 bridgehead atoms. The number of anilines is 2. The van der Waals surface area contributed by atoms with E-state index in [1.807, 2.05) is 32.0 Å². The zero-order valence-corrected chi connectivity index (χ0v) is 18.7. The van der Waals surface area contributed by atoms with Crippen molar-refractivity contribution in [2.45, 2.75) is 33.1 Å². The maximum Gasteiger partial charge on any atom is 0.255 e. The van der Waals surface area contributed by atoms with Gasteiger partial charge in [0, 0.05) is 11.1 Å². The molecule has 2 aromatic rings. The highest BCUT2D eigenvalue weighted by Gasteiger charge is 2.21. The molecule has 0 aliphatic carbocycles. The van der Waals surface area contributed by atoms with Crippen LogP contribution in [-0.4, -0.2) is 50.6 Å². The number of amides is 2. The summed E-state index contributed by atoms with van der Waals surface area (Å²) in [5.74, 6) is 0.641. The SMILES string of the molecule is COc1c(NC(=O)CN2CCCCC2)cc(NC(=O)c2cccc(C)c2)c(OC)c1C. The van der Waals surface area contributed by atoms with Gasteiger partial charge in [-0.25, -0.2) is 0 Å². The van der Waals surface area contributed by atoms with E-state index < -0.39 is 0 Å². The Hall–Kier alpha value is -3.06. The van der Waals surface area contributed by atoms with E-state index in [1.54, 1.807) is 26.4 Å². The van der Waals surface area contributed by atoms with E-state index in [0.29, 0.717) is 40.5 Å². The van der Waals surface area contributed by atoms with E-state index in [2.05, 4.69) is 15.5 Å². The van der Waals surface area contributed by atoms with Gasteiger partial charge in [-0.3, -0.25) is 14.5 Å². The van der Waals surface area contributed by atoms with Crippen molar-refractivity contribution in [3.05, 3.63) is 47.0 Å². The average Bonchev–Trinajstić information content (AvgIpc) is 2.74. The summed E-state index contributed by atoms with van der Waals surface area (Å²) < 4.78 is 11.1. The lowest BCUT2D eigenvalue weighted by Crippen LogP contribution is -2.36. The van der Waals surface area contributed by atoms with E-state index in [0.717, 1.165) is 31.5 Å². The molecule has 2 N–H and O–H groups in total. The topological polar surface area (TPSA) is 79.9 Å². The highest BCUT2D eigenvalue weighted by molar-refractivity contribution is 6.06. The normalized spacial score (nSPS) is 14.1. The van der Waals surface area contributed by atoms with Crippen LogP contribution >= 0.6 is 0 Å². The van der Waals surface area contributed by atoms with Crippen LogP contribution in [0.5, 0.6) is 11.5 Å². The Kier molecular flexibility index (Phi) is 7.52. The molecule has 2 aromatic carbocycles. The van der Waals surface area contributed by atoms with E-state index in [1.165, 1.54) is 6.42 Å². The third kappa shape index (κ3) is 5.55. The third-order valence-corrected chi connectivity index (χ3v) is 5.49. The minimum Gasteiger partial charge on any atom is -0.494 e. The van der Waals surface area contributed by atoms with Crippen LogP contribution in [0.25, 0.3) is 0 Å². The second-order valence-corrected chi connectivity index (χ2v) is 7.87. The van der Waals surface area contributed by atoms with Gasteiger partial charge in [0.15, 0.2) is 0 Å². The van der Waals surface area contributed by atoms with Crippen LogP contribution in [0, 0.1) is 13.8 Å². The smallest absolute Gasteiger partial charge is 0.255 e. The molecule has 0 atom stereocenters. The number of ether oxygens (including phenoxy) is 2. The first-order chi connectivity index (χ1) is 14.9. The molecule has 7 heteroatoms. The van der Waals surface area contributed by atoms with Crippen molar-refractivity contribution in [2.75, 3.05) is 44.5 Å². The van der Waals surface area contributed by atoms with Gasteiger partial charge in [-0.05, 0) is 58.0 Å². The molecule has 1 saturated heterocycles. The molecular formula is C24H31N3O4. The first kappa shape index (κ1) is 22.6. The van der Waals surface area contributed by atoms with Crippen molar-refractivity contribution in [3.63, 3.8) is 0 Å². The number of aryl methyl sites for hydroxylation is 1. The first-order valence-corrected chi connectivity index (χ1v) is 10.6. The molecule has 7 nitrogen and oxygen atoms in total. The van der Waals surface area contributed by atoms with Crippen LogP contribution in [0.1, 0.15) is 40.7 Å². The number of likely N-dealkylation sites (tertiary alicyclic amines) is 1. The van der Waals surface area contributed by atoms with Crippen molar-refractivity contribution in [2.24, 2.45) is 0 Å². The van der Waals surface area contributed by atoms with Crippen molar-refractivity contribution in [1.29, 1.82) is 0 Å². The number of hydrogen-bond acceptors (Lipinski definition) is 5. The maximum atomic E-state index is 12.8.